The Balaban J connectivity index is 1.69. The Hall–Kier alpha value is -3.38. The summed E-state index contributed by atoms with van der Waals surface area (Å²) < 4.78 is 5.12. The Kier molecular flexibility index (Phi) is 4.94. The molecule has 2 aromatic carbocycles. The summed E-state index contributed by atoms with van der Waals surface area (Å²) in [5, 5.41) is 11.0. The zero-order valence-corrected chi connectivity index (χ0v) is 16.3. The van der Waals surface area contributed by atoms with Crippen LogP contribution in [0.1, 0.15) is 45.2 Å². The number of amides is 1. The lowest BCUT2D eigenvalue weighted by molar-refractivity contribution is 0.0505. The first kappa shape index (κ1) is 19.0. The number of nitrogens with one attached hydrogen (secondary N) is 1. The van der Waals surface area contributed by atoms with Crippen LogP contribution < -0.4 is 0 Å². The SMILES string of the molecule is CCCOC(=O)c1ccc(-c2[nH]c(O)c3c2C(=O)N=C3c2ccc(Cl)cc2)cc1. The maximum atomic E-state index is 12.6. The zero-order chi connectivity index (χ0) is 20.5. The zero-order valence-electron chi connectivity index (χ0n) is 15.5. The molecule has 0 radical (unpaired) electrons. The van der Waals surface area contributed by atoms with Crippen LogP contribution in [0.4, 0.5) is 0 Å². The maximum absolute atomic E-state index is 12.6. The smallest absolute Gasteiger partial charge is 0.338 e. The van der Waals surface area contributed by atoms with Crippen molar-refractivity contribution in [2.45, 2.75) is 13.3 Å². The molecule has 0 saturated carbocycles. The summed E-state index contributed by atoms with van der Waals surface area (Å²) in [5.74, 6) is -0.980. The van der Waals surface area contributed by atoms with E-state index in [1.54, 1.807) is 48.5 Å². The number of aromatic amines is 1. The van der Waals surface area contributed by atoms with Gasteiger partial charge in [-0.3, -0.25) is 4.79 Å². The Labute approximate surface area is 171 Å². The topological polar surface area (TPSA) is 91.8 Å². The number of carbonyl (C=O) groups excluding carboxylic acids is 2. The van der Waals surface area contributed by atoms with Crippen LogP contribution in [0.25, 0.3) is 11.3 Å². The standard InChI is InChI=1S/C22H17ClN2O4/c1-2-11-29-22(28)14-5-3-12(4-6-14)18-16-17(21(27)24-18)19(25-20(16)26)13-7-9-15(23)10-8-13/h3-10,24,27H,2,11H2,1H3. The summed E-state index contributed by atoms with van der Waals surface area (Å²) in [6.45, 7) is 2.28. The molecule has 6 nitrogen and oxygen atoms in total. The second-order valence-corrected chi connectivity index (χ2v) is 7.02. The molecule has 7 heteroatoms. The third-order valence-corrected chi connectivity index (χ3v) is 4.86. The van der Waals surface area contributed by atoms with Gasteiger partial charge in [0.2, 0.25) is 0 Å². The van der Waals surface area contributed by atoms with E-state index in [0.29, 0.717) is 50.9 Å². The highest BCUT2D eigenvalue weighted by molar-refractivity contribution is 6.32. The van der Waals surface area contributed by atoms with E-state index in [-0.39, 0.29) is 5.88 Å². The van der Waals surface area contributed by atoms with Gasteiger partial charge >= 0.3 is 5.97 Å². The average Bonchev–Trinajstić information content (AvgIpc) is 3.25. The van der Waals surface area contributed by atoms with Crippen LogP contribution >= 0.6 is 11.6 Å². The molecule has 1 aliphatic heterocycles. The molecule has 0 saturated heterocycles. The lowest BCUT2D eigenvalue weighted by Gasteiger charge is -2.05. The molecule has 0 bridgehead atoms. The fraction of sp³-hybridized carbons (Fsp3) is 0.136. The highest BCUT2D eigenvalue weighted by Gasteiger charge is 2.33. The molecule has 1 aliphatic rings. The molecule has 4 rings (SSSR count). The third-order valence-electron chi connectivity index (χ3n) is 4.61. The van der Waals surface area contributed by atoms with Crippen LogP contribution in [-0.2, 0) is 4.74 Å². The number of hydrogen-bond acceptors (Lipinski definition) is 4. The number of carbonyl (C=O) groups is 2. The number of ether oxygens (including phenoxy) is 1. The fourth-order valence-corrected chi connectivity index (χ4v) is 3.35. The Morgan fingerprint density at radius 2 is 1.72 bits per heavy atom. The van der Waals surface area contributed by atoms with Crippen LogP contribution in [0.5, 0.6) is 5.88 Å². The van der Waals surface area contributed by atoms with Crippen molar-refractivity contribution in [1.82, 2.24) is 4.98 Å². The second-order valence-electron chi connectivity index (χ2n) is 6.58. The summed E-state index contributed by atoms with van der Waals surface area (Å²) in [4.78, 5) is 31.6. The summed E-state index contributed by atoms with van der Waals surface area (Å²) in [5.41, 5.74) is 3.24. The van der Waals surface area contributed by atoms with Crippen molar-refractivity contribution < 1.29 is 19.4 Å². The van der Waals surface area contributed by atoms with Gasteiger partial charge in [0.25, 0.3) is 5.91 Å². The van der Waals surface area contributed by atoms with Gasteiger partial charge in [-0.05, 0) is 36.2 Å². The first-order valence-electron chi connectivity index (χ1n) is 9.11. The van der Waals surface area contributed by atoms with E-state index < -0.39 is 11.9 Å². The predicted molar refractivity (Wildman–Crippen MR) is 110 cm³/mol. The number of H-pyrrole nitrogens is 1. The molecule has 0 unspecified atom stereocenters. The van der Waals surface area contributed by atoms with Gasteiger partial charge in [0.15, 0.2) is 5.88 Å². The van der Waals surface area contributed by atoms with Gasteiger partial charge < -0.3 is 14.8 Å². The van der Waals surface area contributed by atoms with E-state index in [2.05, 4.69) is 9.98 Å². The Morgan fingerprint density at radius 1 is 1.07 bits per heavy atom. The summed E-state index contributed by atoms with van der Waals surface area (Å²) in [6.07, 6.45) is 0.746. The number of esters is 1. The van der Waals surface area contributed by atoms with Crippen molar-refractivity contribution >= 4 is 29.2 Å². The molecule has 2 heterocycles. The van der Waals surface area contributed by atoms with Gasteiger partial charge in [-0.25, -0.2) is 9.79 Å². The number of hydrogen-bond donors (Lipinski definition) is 2. The van der Waals surface area contributed by atoms with Crippen molar-refractivity contribution in [2.24, 2.45) is 4.99 Å². The lowest BCUT2D eigenvalue weighted by Crippen LogP contribution is -2.05. The van der Waals surface area contributed by atoms with E-state index in [4.69, 9.17) is 16.3 Å². The number of halogens is 1. The molecule has 0 spiro atoms. The van der Waals surface area contributed by atoms with E-state index in [1.165, 1.54) is 0 Å². The van der Waals surface area contributed by atoms with Gasteiger partial charge in [0, 0.05) is 10.6 Å². The Bertz CT molecular complexity index is 1130. The molecule has 2 N–H and O–H groups in total. The summed E-state index contributed by atoms with van der Waals surface area (Å²) in [6, 6.07) is 13.5. The first-order valence-corrected chi connectivity index (χ1v) is 9.49. The number of aromatic hydroxyl groups is 1. The molecule has 0 aliphatic carbocycles. The van der Waals surface area contributed by atoms with E-state index in [0.717, 1.165) is 6.42 Å². The second kappa shape index (κ2) is 7.56. The van der Waals surface area contributed by atoms with Gasteiger partial charge in [-0.1, -0.05) is 42.8 Å². The number of benzene rings is 2. The van der Waals surface area contributed by atoms with Gasteiger partial charge in [-0.15, -0.1) is 0 Å². The molecule has 3 aromatic rings. The highest BCUT2D eigenvalue weighted by atomic mass is 35.5. The first-order chi connectivity index (χ1) is 14.0. The number of aliphatic imine (C=N–C) groups is 1. The summed E-state index contributed by atoms with van der Waals surface area (Å²) in [7, 11) is 0. The minimum Gasteiger partial charge on any atom is -0.494 e. The minimum atomic E-state index is -0.442. The molecule has 146 valence electrons. The van der Waals surface area contributed by atoms with Crippen LogP contribution in [0.2, 0.25) is 5.02 Å². The molecule has 29 heavy (non-hydrogen) atoms. The van der Waals surface area contributed by atoms with Gasteiger partial charge in [0.05, 0.1) is 34.7 Å². The van der Waals surface area contributed by atoms with Crippen LogP contribution in [0.15, 0.2) is 53.5 Å². The molecule has 1 aromatic heterocycles. The van der Waals surface area contributed by atoms with E-state index in [9.17, 15) is 14.7 Å². The van der Waals surface area contributed by atoms with Crippen molar-refractivity contribution in [3.8, 4) is 17.1 Å². The van der Waals surface area contributed by atoms with Crippen molar-refractivity contribution in [2.75, 3.05) is 6.61 Å². The van der Waals surface area contributed by atoms with E-state index in [1.807, 2.05) is 6.92 Å². The minimum absolute atomic E-state index is 0.138. The van der Waals surface area contributed by atoms with Crippen LogP contribution in [-0.4, -0.2) is 34.3 Å². The normalized spacial score (nSPS) is 12.6. The predicted octanol–water partition coefficient (Wildman–Crippen LogP) is 4.60. The number of nitrogens with zero attached hydrogens (tertiary/aromatic N) is 1. The molecular formula is C22H17ClN2O4. The molecule has 0 fully saturated rings. The van der Waals surface area contributed by atoms with Crippen molar-refractivity contribution in [3.05, 3.63) is 75.8 Å². The summed E-state index contributed by atoms with van der Waals surface area (Å²) >= 11 is 5.93. The van der Waals surface area contributed by atoms with E-state index >= 15 is 0 Å². The van der Waals surface area contributed by atoms with Crippen molar-refractivity contribution in [1.29, 1.82) is 0 Å². The monoisotopic (exact) mass is 408 g/mol. The van der Waals surface area contributed by atoms with Crippen LogP contribution in [0, 0.1) is 0 Å². The molecule has 1 amide bonds. The van der Waals surface area contributed by atoms with Crippen molar-refractivity contribution in [3.63, 3.8) is 0 Å². The van der Waals surface area contributed by atoms with Gasteiger partial charge in [0.1, 0.15) is 0 Å². The molecular weight excluding hydrogens is 392 g/mol. The quantitative estimate of drug-likeness (QED) is 0.603. The maximum Gasteiger partial charge on any atom is 0.338 e. The largest absolute Gasteiger partial charge is 0.494 e. The third kappa shape index (κ3) is 3.43. The highest BCUT2D eigenvalue weighted by Crippen LogP contribution is 2.38. The number of fused-ring (bicyclic) bond motifs is 1. The lowest BCUT2D eigenvalue weighted by atomic mass is 10.00. The number of aromatic nitrogens is 1. The average molecular weight is 409 g/mol. The number of rotatable bonds is 5. The fourth-order valence-electron chi connectivity index (χ4n) is 3.23. The van der Waals surface area contributed by atoms with Gasteiger partial charge in [-0.2, -0.15) is 0 Å². The van der Waals surface area contributed by atoms with Crippen LogP contribution in [0.3, 0.4) is 0 Å². The molecule has 0 atom stereocenters. The Morgan fingerprint density at radius 3 is 2.38 bits per heavy atom.